The van der Waals surface area contributed by atoms with E-state index in [0.717, 1.165) is 18.4 Å². The lowest BCUT2D eigenvalue weighted by atomic mass is 9.83. The molecule has 0 aromatic heterocycles. The first-order valence-corrected chi connectivity index (χ1v) is 6.64. The van der Waals surface area contributed by atoms with Crippen LogP contribution in [0, 0.1) is 11.8 Å². The summed E-state index contributed by atoms with van der Waals surface area (Å²) in [7, 11) is 0. The fourth-order valence-electron chi connectivity index (χ4n) is 3.73. The Bertz CT molecular complexity index is 217. The summed E-state index contributed by atoms with van der Waals surface area (Å²) in [6.07, 6.45) is 6.86. The molecule has 2 heteroatoms. The standard InChI is InChI=1S/C13H26N2/c1-11-5-4-8-15(9-11)13(10-14)7-3-6-12(13)2/h11-12H,3-10,14H2,1-2H3. The van der Waals surface area contributed by atoms with Crippen molar-refractivity contribution in [1.82, 2.24) is 4.90 Å². The molecule has 1 aliphatic heterocycles. The molecule has 1 aliphatic carbocycles. The molecule has 3 unspecified atom stereocenters. The summed E-state index contributed by atoms with van der Waals surface area (Å²) in [5.74, 6) is 1.67. The molecule has 3 atom stereocenters. The summed E-state index contributed by atoms with van der Waals surface area (Å²) in [4.78, 5) is 2.72. The van der Waals surface area contributed by atoms with Gasteiger partial charge in [0.2, 0.25) is 0 Å². The summed E-state index contributed by atoms with van der Waals surface area (Å²) in [5.41, 5.74) is 6.45. The van der Waals surface area contributed by atoms with Crippen LogP contribution in [0.4, 0.5) is 0 Å². The number of nitrogens with two attached hydrogens (primary N) is 1. The Morgan fingerprint density at radius 1 is 1.27 bits per heavy atom. The molecule has 2 rings (SSSR count). The van der Waals surface area contributed by atoms with Crippen LogP contribution < -0.4 is 5.73 Å². The highest BCUT2D eigenvalue weighted by atomic mass is 15.2. The van der Waals surface area contributed by atoms with E-state index in [1.807, 2.05) is 0 Å². The maximum absolute atomic E-state index is 6.09. The van der Waals surface area contributed by atoms with Crippen LogP contribution in [0.2, 0.25) is 0 Å². The Hall–Kier alpha value is -0.0800. The molecule has 2 nitrogen and oxygen atoms in total. The largest absolute Gasteiger partial charge is 0.329 e. The van der Waals surface area contributed by atoms with Gasteiger partial charge >= 0.3 is 0 Å². The first-order valence-electron chi connectivity index (χ1n) is 6.64. The van der Waals surface area contributed by atoms with Gasteiger partial charge in [0.15, 0.2) is 0 Å². The first kappa shape index (κ1) is 11.4. The Labute approximate surface area is 94.2 Å². The maximum Gasteiger partial charge on any atom is 0.0357 e. The Kier molecular flexibility index (Phi) is 3.36. The number of hydrogen-bond acceptors (Lipinski definition) is 2. The van der Waals surface area contributed by atoms with Crippen LogP contribution in [0.5, 0.6) is 0 Å². The lowest BCUT2D eigenvalue weighted by molar-refractivity contribution is 0.0281. The minimum absolute atomic E-state index is 0.356. The summed E-state index contributed by atoms with van der Waals surface area (Å²) in [6, 6.07) is 0. The van der Waals surface area contributed by atoms with Crippen molar-refractivity contribution in [2.45, 2.75) is 51.5 Å². The van der Waals surface area contributed by atoms with Crippen LogP contribution in [-0.4, -0.2) is 30.1 Å². The monoisotopic (exact) mass is 210 g/mol. The molecule has 2 N–H and O–H groups in total. The summed E-state index contributed by atoms with van der Waals surface area (Å²) in [5, 5.41) is 0. The van der Waals surface area contributed by atoms with Crippen molar-refractivity contribution in [1.29, 1.82) is 0 Å². The predicted octanol–water partition coefficient (Wildman–Crippen LogP) is 2.24. The topological polar surface area (TPSA) is 29.3 Å². The number of rotatable bonds is 2. The van der Waals surface area contributed by atoms with E-state index in [9.17, 15) is 0 Å². The van der Waals surface area contributed by atoms with Crippen molar-refractivity contribution in [3.63, 3.8) is 0 Å². The second-order valence-corrected chi connectivity index (χ2v) is 5.79. The third-order valence-electron chi connectivity index (χ3n) is 4.80. The van der Waals surface area contributed by atoms with Gasteiger partial charge in [0, 0.05) is 18.6 Å². The van der Waals surface area contributed by atoms with Crippen molar-refractivity contribution < 1.29 is 0 Å². The van der Waals surface area contributed by atoms with Gasteiger partial charge in [0.25, 0.3) is 0 Å². The SMILES string of the molecule is CC1CCCN(C2(CN)CCCC2C)C1. The minimum atomic E-state index is 0.356. The highest BCUT2D eigenvalue weighted by Crippen LogP contribution is 2.41. The van der Waals surface area contributed by atoms with E-state index in [0.29, 0.717) is 5.54 Å². The van der Waals surface area contributed by atoms with Crippen LogP contribution >= 0.6 is 0 Å². The van der Waals surface area contributed by atoms with Gasteiger partial charge in [-0.15, -0.1) is 0 Å². The highest BCUT2D eigenvalue weighted by Gasteiger charge is 2.44. The molecule has 1 saturated carbocycles. The molecule has 0 radical (unpaired) electrons. The average molecular weight is 210 g/mol. The van der Waals surface area contributed by atoms with Gasteiger partial charge < -0.3 is 5.73 Å². The zero-order chi connectivity index (χ0) is 10.9. The van der Waals surface area contributed by atoms with Crippen molar-refractivity contribution in [2.24, 2.45) is 17.6 Å². The van der Waals surface area contributed by atoms with Gasteiger partial charge in [-0.25, -0.2) is 0 Å². The van der Waals surface area contributed by atoms with Crippen LogP contribution in [0.1, 0.15) is 46.0 Å². The smallest absolute Gasteiger partial charge is 0.0357 e. The molecule has 88 valence electrons. The summed E-state index contributed by atoms with van der Waals surface area (Å²) in [6.45, 7) is 8.21. The normalized spacial score (nSPS) is 43.4. The van der Waals surface area contributed by atoms with Crippen LogP contribution in [0.3, 0.4) is 0 Å². The van der Waals surface area contributed by atoms with E-state index in [1.54, 1.807) is 0 Å². The first-order chi connectivity index (χ1) is 7.19. The second kappa shape index (κ2) is 4.42. The molecule has 0 aromatic rings. The van der Waals surface area contributed by atoms with E-state index < -0.39 is 0 Å². The lowest BCUT2D eigenvalue weighted by Gasteiger charge is -2.47. The van der Waals surface area contributed by atoms with Gasteiger partial charge in [0.05, 0.1) is 0 Å². The summed E-state index contributed by atoms with van der Waals surface area (Å²) < 4.78 is 0. The van der Waals surface area contributed by atoms with Gasteiger partial charge in [-0.3, -0.25) is 4.90 Å². The number of nitrogens with zero attached hydrogens (tertiary/aromatic N) is 1. The van der Waals surface area contributed by atoms with Crippen molar-refractivity contribution in [3.8, 4) is 0 Å². The Balaban J connectivity index is 2.11. The van der Waals surface area contributed by atoms with E-state index in [-0.39, 0.29) is 0 Å². The molecule has 0 spiro atoms. The third-order valence-corrected chi connectivity index (χ3v) is 4.80. The van der Waals surface area contributed by atoms with Gasteiger partial charge in [-0.05, 0) is 44.1 Å². The predicted molar refractivity (Wildman–Crippen MR) is 64.8 cm³/mol. The second-order valence-electron chi connectivity index (χ2n) is 5.79. The maximum atomic E-state index is 6.09. The van der Waals surface area contributed by atoms with Gasteiger partial charge in [-0.1, -0.05) is 20.3 Å². The molecule has 0 aromatic carbocycles. The van der Waals surface area contributed by atoms with Crippen molar-refractivity contribution in [2.75, 3.05) is 19.6 Å². The van der Waals surface area contributed by atoms with Gasteiger partial charge in [-0.2, -0.15) is 0 Å². The quantitative estimate of drug-likeness (QED) is 0.757. The molecule has 15 heavy (non-hydrogen) atoms. The molecule has 2 aliphatic rings. The van der Waals surface area contributed by atoms with Crippen molar-refractivity contribution >= 4 is 0 Å². The number of hydrogen-bond donors (Lipinski definition) is 1. The molecule has 1 heterocycles. The van der Waals surface area contributed by atoms with Crippen LogP contribution in [0.15, 0.2) is 0 Å². The lowest BCUT2D eigenvalue weighted by Crippen LogP contribution is -2.58. The fraction of sp³-hybridized carbons (Fsp3) is 1.00. The Morgan fingerprint density at radius 3 is 2.60 bits per heavy atom. The molecular weight excluding hydrogens is 184 g/mol. The molecular formula is C13H26N2. The number of likely N-dealkylation sites (tertiary alicyclic amines) is 1. The van der Waals surface area contributed by atoms with E-state index in [1.165, 1.54) is 45.2 Å². The zero-order valence-corrected chi connectivity index (χ0v) is 10.3. The molecule has 2 fully saturated rings. The highest BCUT2D eigenvalue weighted by molar-refractivity contribution is 5.01. The van der Waals surface area contributed by atoms with Crippen LogP contribution in [0.25, 0.3) is 0 Å². The Morgan fingerprint density at radius 2 is 2.07 bits per heavy atom. The zero-order valence-electron chi connectivity index (χ0n) is 10.3. The molecule has 1 saturated heterocycles. The minimum Gasteiger partial charge on any atom is -0.329 e. The van der Waals surface area contributed by atoms with E-state index in [2.05, 4.69) is 18.7 Å². The summed E-state index contributed by atoms with van der Waals surface area (Å²) >= 11 is 0. The number of piperidine rings is 1. The average Bonchev–Trinajstić information content (AvgIpc) is 2.61. The van der Waals surface area contributed by atoms with Gasteiger partial charge in [0.1, 0.15) is 0 Å². The van der Waals surface area contributed by atoms with Crippen molar-refractivity contribution in [3.05, 3.63) is 0 Å². The van der Waals surface area contributed by atoms with E-state index in [4.69, 9.17) is 5.73 Å². The molecule has 0 bridgehead atoms. The fourth-order valence-corrected chi connectivity index (χ4v) is 3.73. The van der Waals surface area contributed by atoms with Crippen LogP contribution in [-0.2, 0) is 0 Å². The molecule has 0 amide bonds. The van der Waals surface area contributed by atoms with E-state index >= 15 is 0 Å². The third kappa shape index (κ3) is 1.94.